The summed E-state index contributed by atoms with van der Waals surface area (Å²) in [5, 5.41) is 0.707. The highest BCUT2D eigenvalue weighted by Gasteiger charge is 2.25. The molecule has 2 saturated heterocycles. The van der Waals surface area contributed by atoms with Gasteiger partial charge in [0, 0.05) is 55.3 Å². The zero-order valence-electron chi connectivity index (χ0n) is 15.4. The lowest BCUT2D eigenvalue weighted by Crippen LogP contribution is -2.41. The molecule has 2 aliphatic rings. The van der Waals surface area contributed by atoms with Crippen molar-refractivity contribution < 1.29 is 9.53 Å². The Balaban J connectivity index is 1.31. The first kappa shape index (κ1) is 18.2. The number of carbonyl (C=O) groups is 1. The summed E-state index contributed by atoms with van der Waals surface area (Å²) in [4.78, 5) is 17.1. The maximum absolute atomic E-state index is 12.8. The van der Waals surface area contributed by atoms with Crippen molar-refractivity contribution in [1.29, 1.82) is 0 Å². The van der Waals surface area contributed by atoms with Gasteiger partial charge in [0.15, 0.2) is 0 Å². The van der Waals surface area contributed by atoms with Crippen molar-refractivity contribution in [2.75, 3.05) is 31.1 Å². The van der Waals surface area contributed by atoms with Crippen molar-refractivity contribution in [3.8, 4) is 5.75 Å². The molecular weight excluding hydrogens is 360 g/mol. The molecular formula is C22H25ClN2O2. The van der Waals surface area contributed by atoms with E-state index in [0.717, 1.165) is 50.3 Å². The SMILES string of the molecule is O=C(c1ccc(N2CCCC2)cc1)N1CCC(Oc2ccc(Cl)cc2)CC1. The van der Waals surface area contributed by atoms with Gasteiger partial charge in [-0.3, -0.25) is 4.79 Å². The molecule has 0 spiro atoms. The number of hydrogen-bond acceptors (Lipinski definition) is 3. The number of hydrogen-bond donors (Lipinski definition) is 0. The topological polar surface area (TPSA) is 32.8 Å². The van der Waals surface area contributed by atoms with Gasteiger partial charge in [0.25, 0.3) is 5.91 Å². The lowest BCUT2D eigenvalue weighted by Gasteiger charge is -2.32. The third-order valence-electron chi connectivity index (χ3n) is 5.43. The highest BCUT2D eigenvalue weighted by Crippen LogP contribution is 2.24. The van der Waals surface area contributed by atoms with E-state index < -0.39 is 0 Å². The number of carbonyl (C=O) groups excluding carboxylic acids is 1. The minimum absolute atomic E-state index is 0.118. The Morgan fingerprint density at radius 3 is 2.15 bits per heavy atom. The second-order valence-corrected chi connectivity index (χ2v) is 7.74. The molecule has 2 aliphatic heterocycles. The molecule has 0 aliphatic carbocycles. The molecule has 0 radical (unpaired) electrons. The fourth-order valence-corrected chi connectivity index (χ4v) is 3.98. The van der Waals surface area contributed by atoms with E-state index in [9.17, 15) is 4.79 Å². The van der Waals surface area contributed by atoms with E-state index >= 15 is 0 Å². The van der Waals surface area contributed by atoms with Gasteiger partial charge in [-0.15, -0.1) is 0 Å². The summed E-state index contributed by atoms with van der Waals surface area (Å²) >= 11 is 5.91. The summed E-state index contributed by atoms with van der Waals surface area (Å²) in [6.45, 7) is 3.69. The molecule has 2 heterocycles. The van der Waals surface area contributed by atoms with E-state index in [4.69, 9.17) is 16.3 Å². The fraction of sp³-hybridized carbons (Fsp3) is 0.409. The summed E-state index contributed by atoms with van der Waals surface area (Å²) < 4.78 is 6.01. The Morgan fingerprint density at radius 1 is 0.889 bits per heavy atom. The highest BCUT2D eigenvalue weighted by atomic mass is 35.5. The van der Waals surface area contributed by atoms with Crippen LogP contribution in [0.15, 0.2) is 48.5 Å². The van der Waals surface area contributed by atoms with E-state index in [0.29, 0.717) is 5.02 Å². The number of ether oxygens (including phenoxy) is 1. The van der Waals surface area contributed by atoms with Crippen molar-refractivity contribution in [3.63, 3.8) is 0 Å². The van der Waals surface area contributed by atoms with Crippen LogP contribution in [0.25, 0.3) is 0 Å². The molecule has 0 aromatic heterocycles. The maximum atomic E-state index is 12.8. The molecule has 4 rings (SSSR count). The second kappa shape index (κ2) is 8.22. The largest absolute Gasteiger partial charge is 0.490 e. The third kappa shape index (κ3) is 4.38. The monoisotopic (exact) mass is 384 g/mol. The van der Waals surface area contributed by atoms with Crippen molar-refractivity contribution in [3.05, 3.63) is 59.1 Å². The molecule has 0 bridgehead atoms. The molecule has 2 fully saturated rings. The minimum Gasteiger partial charge on any atom is -0.490 e. The lowest BCUT2D eigenvalue weighted by atomic mass is 10.1. The third-order valence-corrected chi connectivity index (χ3v) is 5.68. The summed E-state index contributed by atoms with van der Waals surface area (Å²) in [5.41, 5.74) is 1.99. The molecule has 0 N–H and O–H groups in total. The first-order chi connectivity index (χ1) is 13.2. The molecule has 142 valence electrons. The van der Waals surface area contributed by atoms with E-state index in [2.05, 4.69) is 17.0 Å². The molecule has 2 aromatic carbocycles. The predicted octanol–water partition coefficient (Wildman–Crippen LogP) is 4.62. The van der Waals surface area contributed by atoms with Gasteiger partial charge in [-0.2, -0.15) is 0 Å². The number of benzene rings is 2. The zero-order chi connectivity index (χ0) is 18.6. The molecule has 0 saturated carbocycles. The van der Waals surface area contributed by atoms with Crippen LogP contribution in [0.5, 0.6) is 5.75 Å². The van der Waals surface area contributed by atoms with Crippen LogP contribution in [-0.2, 0) is 0 Å². The van der Waals surface area contributed by atoms with E-state index in [-0.39, 0.29) is 12.0 Å². The Labute approximate surface area is 165 Å². The number of amides is 1. The first-order valence-corrected chi connectivity index (χ1v) is 10.1. The Kier molecular flexibility index (Phi) is 5.53. The van der Waals surface area contributed by atoms with Gasteiger partial charge in [0.2, 0.25) is 0 Å². The minimum atomic E-state index is 0.118. The van der Waals surface area contributed by atoms with Crippen molar-refractivity contribution >= 4 is 23.2 Å². The maximum Gasteiger partial charge on any atom is 0.253 e. The summed E-state index contributed by atoms with van der Waals surface area (Å²) in [7, 11) is 0. The number of nitrogens with zero attached hydrogens (tertiary/aromatic N) is 2. The average molecular weight is 385 g/mol. The molecule has 2 aromatic rings. The van der Waals surface area contributed by atoms with Gasteiger partial charge in [0.1, 0.15) is 11.9 Å². The predicted molar refractivity (Wildman–Crippen MR) is 109 cm³/mol. The van der Waals surface area contributed by atoms with Gasteiger partial charge >= 0.3 is 0 Å². The molecule has 4 nitrogen and oxygen atoms in total. The van der Waals surface area contributed by atoms with Crippen molar-refractivity contribution in [2.24, 2.45) is 0 Å². The summed E-state index contributed by atoms with van der Waals surface area (Å²) in [6.07, 6.45) is 4.36. The van der Waals surface area contributed by atoms with Crippen LogP contribution in [0, 0.1) is 0 Å². The highest BCUT2D eigenvalue weighted by molar-refractivity contribution is 6.30. The molecule has 27 heavy (non-hydrogen) atoms. The van der Waals surface area contributed by atoms with Crippen LogP contribution in [0.2, 0.25) is 5.02 Å². The van der Waals surface area contributed by atoms with Crippen LogP contribution in [-0.4, -0.2) is 43.1 Å². The summed E-state index contributed by atoms with van der Waals surface area (Å²) in [6, 6.07) is 15.5. The van der Waals surface area contributed by atoms with Crippen LogP contribution in [0.4, 0.5) is 5.69 Å². The van der Waals surface area contributed by atoms with Gasteiger partial charge in [0.05, 0.1) is 0 Å². The molecule has 1 amide bonds. The molecule has 0 unspecified atom stereocenters. The van der Waals surface area contributed by atoms with Crippen molar-refractivity contribution in [2.45, 2.75) is 31.8 Å². The Bertz CT molecular complexity index is 762. The Hall–Kier alpha value is -2.20. The number of rotatable bonds is 4. The molecule has 5 heteroatoms. The van der Waals surface area contributed by atoms with Crippen LogP contribution in [0.3, 0.4) is 0 Å². The van der Waals surface area contributed by atoms with Gasteiger partial charge in [-0.25, -0.2) is 0 Å². The quantitative estimate of drug-likeness (QED) is 0.770. The number of likely N-dealkylation sites (tertiary alicyclic amines) is 1. The number of anilines is 1. The summed E-state index contributed by atoms with van der Waals surface area (Å²) in [5.74, 6) is 0.953. The van der Waals surface area contributed by atoms with Gasteiger partial charge in [-0.1, -0.05) is 11.6 Å². The van der Waals surface area contributed by atoms with Crippen LogP contribution >= 0.6 is 11.6 Å². The number of halogens is 1. The van der Waals surface area contributed by atoms with Gasteiger partial charge < -0.3 is 14.5 Å². The zero-order valence-corrected chi connectivity index (χ0v) is 16.2. The van der Waals surface area contributed by atoms with E-state index in [1.54, 1.807) is 0 Å². The van der Waals surface area contributed by atoms with E-state index in [1.807, 2.05) is 41.3 Å². The molecule has 0 atom stereocenters. The van der Waals surface area contributed by atoms with Crippen LogP contribution in [0.1, 0.15) is 36.0 Å². The first-order valence-electron chi connectivity index (χ1n) is 9.75. The standard InChI is InChI=1S/C22H25ClN2O2/c23-18-5-9-20(10-6-18)27-21-11-15-25(16-12-21)22(26)17-3-7-19(8-4-17)24-13-1-2-14-24/h3-10,21H,1-2,11-16H2. The average Bonchev–Trinajstić information content (AvgIpc) is 3.25. The van der Waals surface area contributed by atoms with Gasteiger partial charge in [-0.05, 0) is 61.4 Å². The second-order valence-electron chi connectivity index (χ2n) is 7.30. The number of piperidine rings is 1. The Morgan fingerprint density at radius 2 is 1.52 bits per heavy atom. The fourth-order valence-electron chi connectivity index (χ4n) is 3.86. The van der Waals surface area contributed by atoms with Crippen molar-refractivity contribution in [1.82, 2.24) is 4.90 Å². The van der Waals surface area contributed by atoms with Crippen LogP contribution < -0.4 is 9.64 Å². The lowest BCUT2D eigenvalue weighted by molar-refractivity contribution is 0.0595. The smallest absolute Gasteiger partial charge is 0.253 e. The normalized spacial score (nSPS) is 18.0. The van der Waals surface area contributed by atoms with E-state index in [1.165, 1.54) is 18.5 Å².